The number of hydrogen-bond donors (Lipinski definition) is 0. The minimum Gasteiger partial charge on any atom is -0.293 e. The first-order valence-corrected chi connectivity index (χ1v) is 7.08. The lowest BCUT2D eigenvalue weighted by atomic mass is 10.0. The summed E-state index contributed by atoms with van der Waals surface area (Å²) in [7, 11) is 0. The smallest absolute Gasteiger partial charge is 0.176 e. The van der Waals surface area contributed by atoms with E-state index in [0.29, 0.717) is 11.1 Å². The lowest BCUT2D eigenvalue weighted by molar-refractivity contribution is 0.0989. The van der Waals surface area contributed by atoms with E-state index in [4.69, 9.17) is 0 Å². The van der Waals surface area contributed by atoms with Crippen molar-refractivity contribution in [2.24, 2.45) is 0 Å². The molecule has 0 aliphatic carbocycles. The van der Waals surface area contributed by atoms with Gasteiger partial charge < -0.3 is 0 Å². The lowest BCUT2D eigenvalue weighted by Crippen LogP contribution is -2.16. The molecule has 0 bridgehead atoms. The highest BCUT2D eigenvalue weighted by Crippen LogP contribution is 2.38. The van der Waals surface area contributed by atoms with Crippen LogP contribution in [0.2, 0.25) is 0 Å². The molecule has 2 aromatic rings. The van der Waals surface area contributed by atoms with Crippen LogP contribution in [0.15, 0.2) is 47.4 Å². The summed E-state index contributed by atoms with van der Waals surface area (Å²) in [5, 5.41) is -0.125. The van der Waals surface area contributed by atoms with Gasteiger partial charge >= 0.3 is 0 Å². The van der Waals surface area contributed by atoms with Gasteiger partial charge in [-0.3, -0.25) is 4.79 Å². The van der Waals surface area contributed by atoms with Gasteiger partial charge in [0.2, 0.25) is 0 Å². The van der Waals surface area contributed by atoms with Gasteiger partial charge in [-0.1, -0.05) is 30.3 Å². The maximum Gasteiger partial charge on any atom is 0.176 e. The van der Waals surface area contributed by atoms with Gasteiger partial charge in [0.15, 0.2) is 5.78 Å². The van der Waals surface area contributed by atoms with Crippen molar-refractivity contribution in [2.75, 3.05) is 0 Å². The maximum absolute atomic E-state index is 13.5. The van der Waals surface area contributed by atoms with Crippen molar-refractivity contribution in [3.8, 4) is 0 Å². The number of benzene rings is 2. The molecule has 3 heteroatoms. The minimum absolute atomic E-state index is 0.0140. The molecule has 1 atom stereocenters. The van der Waals surface area contributed by atoms with Crippen molar-refractivity contribution in [3.05, 3.63) is 65.0 Å². The average molecular weight is 272 g/mol. The van der Waals surface area contributed by atoms with Crippen molar-refractivity contribution < 1.29 is 9.18 Å². The molecule has 96 valence electrons. The first-order valence-electron chi connectivity index (χ1n) is 6.20. The van der Waals surface area contributed by atoms with Gasteiger partial charge in [-0.15, -0.1) is 11.8 Å². The summed E-state index contributed by atoms with van der Waals surface area (Å²) >= 11 is 1.58. The van der Waals surface area contributed by atoms with Crippen LogP contribution in [0.4, 0.5) is 4.39 Å². The van der Waals surface area contributed by atoms with Crippen molar-refractivity contribution in [3.63, 3.8) is 0 Å². The molecule has 19 heavy (non-hydrogen) atoms. The van der Waals surface area contributed by atoms with E-state index in [9.17, 15) is 9.18 Å². The van der Waals surface area contributed by atoms with E-state index in [1.165, 1.54) is 11.6 Å². The third kappa shape index (κ3) is 2.30. The Kier molecular flexibility index (Phi) is 3.15. The standard InChI is InChI=1S/C16H13FOS/c1-10-6-7-12(8-13(10)17)16(18)15-9-11-4-2-3-5-14(11)19-15/h2-8,15H,9H2,1H3. The molecule has 3 rings (SSSR count). The van der Waals surface area contributed by atoms with Crippen molar-refractivity contribution in [1.29, 1.82) is 0 Å². The zero-order chi connectivity index (χ0) is 13.4. The number of carbonyl (C=O) groups excluding carboxylic acids is 1. The van der Waals surface area contributed by atoms with Gasteiger partial charge in [-0.25, -0.2) is 4.39 Å². The highest BCUT2D eigenvalue weighted by molar-refractivity contribution is 8.01. The van der Waals surface area contributed by atoms with Crippen LogP contribution >= 0.6 is 11.8 Å². The van der Waals surface area contributed by atoms with E-state index >= 15 is 0 Å². The van der Waals surface area contributed by atoms with Gasteiger partial charge in [0.05, 0.1) is 5.25 Å². The molecule has 1 aliphatic heterocycles. The van der Waals surface area contributed by atoms with E-state index in [0.717, 1.165) is 11.3 Å². The number of fused-ring (bicyclic) bond motifs is 1. The Bertz CT molecular complexity index is 626. The lowest BCUT2D eigenvalue weighted by Gasteiger charge is -2.08. The second kappa shape index (κ2) is 4.82. The predicted molar refractivity (Wildman–Crippen MR) is 75.3 cm³/mol. The van der Waals surface area contributed by atoms with E-state index in [1.807, 2.05) is 24.3 Å². The minimum atomic E-state index is -0.314. The Balaban J connectivity index is 1.85. The van der Waals surface area contributed by atoms with Crippen molar-refractivity contribution in [2.45, 2.75) is 23.5 Å². The Labute approximate surface area is 115 Å². The maximum atomic E-state index is 13.5. The number of aryl methyl sites for hydroxylation is 1. The highest BCUT2D eigenvalue weighted by atomic mass is 32.2. The van der Waals surface area contributed by atoms with Gasteiger partial charge in [-0.2, -0.15) is 0 Å². The summed E-state index contributed by atoms with van der Waals surface area (Å²) in [6, 6.07) is 12.8. The second-order valence-corrected chi connectivity index (χ2v) is 5.99. The number of halogens is 1. The first-order chi connectivity index (χ1) is 9.15. The molecule has 1 nitrogen and oxygen atoms in total. The zero-order valence-electron chi connectivity index (χ0n) is 10.5. The molecular formula is C16H13FOS. The van der Waals surface area contributed by atoms with Crippen molar-refractivity contribution in [1.82, 2.24) is 0 Å². The number of carbonyl (C=O) groups is 1. The molecule has 2 aromatic carbocycles. The number of hydrogen-bond acceptors (Lipinski definition) is 2. The number of thioether (sulfide) groups is 1. The fraction of sp³-hybridized carbons (Fsp3) is 0.188. The highest BCUT2D eigenvalue weighted by Gasteiger charge is 2.28. The summed E-state index contributed by atoms with van der Waals surface area (Å²) in [5.41, 5.74) is 2.24. The van der Waals surface area contributed by atoms with Gasteiger partial charge in [0.1, 0.15) is 5.82 Å². The van der Waals surface area contributed by atoms with E-state index < -0.39 is 0 Å². The topological polar surface area (TPSA) is 17.1 Å². The SMILES string of the molecule is Cc1ccc(C(=O)C2Cc3ccccc3S2)cc1F. The van der Waals surface area contributed by atoms with E-state index in [2.05, 4.69) is 0 Å². The fourth-order valence-electron chi connectivity index (χ4n) is 2.26. The third-order valence-electron chi connectivity index (χ3n) is 3.40. The normalized spacial score (nSPS) is 17.3. The molecule has 1 unspecified atom stereocenters. The molecule has 0 N–H and O–H groups in total. The van der Waals surface area contributed by atoms with Gasteiger partial charge in [-0.05, 0) is 36.6 Å². The van der Waals surface area contributed by atoms with Crippen LogP contribution in [0.3, 0.4) is 0 Å². The summed E-state index contributed by atoms with van der Waals surface area (Å²) in [6.45, 7) is 1.70. The number of ketones is 1. The third-order valence-corrected chi connectivity index (χ3v) is 4.71. The Morgan fingerprint density at radius 1 is 1.26 bits per heavy atom. The van der Waals surface area contributed by atoms with Crippen LogP contribution in [0.25, 0.3) is 0 Å². The second-order valence-electron chi connectivity index (χ2n) is 4.75. The monoisotopic (exact) mass is 272 g/mol. The van der Waals surface area contributed by atoms with E-state index in [-0.39, 0.29) is 16.9 Å². The summed E-state index contributed by atoms with van der Waals surface area (Å²) in [6.07, 6.45) is 0.731. The molecule has 0 radical (unpaired) electrons. The summed E-state index contributed by atoms with van der Waals surface area (Å²) < 4.78 is 13.5. The quantitative estimate of drug-likeness (QED) is 0.768. The van der Waals surface area contributed by atoms with Gasteiger partial charge in [0.25, 0.3) is 0 Å². The van der Waals surface area contributed by atoms with Gasteiger partial charge in [0, 0.05) is 10.5 Å². The van der Waals surface area contributed by atoms with Crippen LogP contribution in [0.1, 0.15) is 21.5 Å². The van der Waals surface area contributed by atoms with Crippen LogP contribution in [-0.4, -0.2) is 11.0 Å². The molecule has 0 spiro atoms. The fourth-order valence-corrected chi connectivity index (χ4v) is 3.53. The molecule has 0 saturated heterocycles. The van der Waals surface area contributed by atoms with Crippen LogP contribution < -0.4 is 0 Å². The molecule has 1 aliphatic rings. The van der Waals surface area contributed by atoms with E-state index in [1.54, 1.807) is 30.8 Å². The molecule has 0 amide bonds. The largest absolute Gasteiger partial charge is 0.293 e. The number of Topliss-reactive ketones (excluding diaryl/α,β-unsaturated/α-hetero) is 1. The van der Waals surface area contributed by atoms with Crippen molar-refractivity contribution >= 4 is 17.5 Å². The van der Waals surface area contributed by atoms with Crippen LogP contribution in [0.5, 0.6) is 0 Å². The summed E-state index contributed by atoms with van der Waals surface area (Å²) in [4.78, 5) is 13.6. The predicted octanol–water partition coefficient (Wildman–Crippen LogP) is 4.03. The zero-order valence-corrected chi connectivity index (χ0v) is 11.3. The molecule has 1 heterocycles. The summed E-state index contributed by atoms with van der Waals surface area (Å²) in [5.74, 6) is -0.300. The molecular weight excluding hydrogens is 259 g/mol. The van der Waals surface area contributed by atoms with Crippen LogP contribution in [0, 0.1) is 12.7 Å². The Hall–Kier alpha value is -1.61. The number of rotatable bonds is 2. The average Bonchev–Trinajstić information content (AvgIpc) is 2.85. The Morgan fingerprint density at radius 2 is 2.05 bits per heavy atom. The molecule has 0 aromatic heterocycles. The first kappa shape index (κ1) is 12.4. The Morgan fingerprint density at radius 3 is 2.79 bits per heavy atom. The van der Waals surface area contributed by atoms with Crippen LogP contribution in [-0.2, 0) is 6.42 Å². The molecule has 0 fully saturated rings. The molecule has 0 saturated carbocycles.